The minimum atomic E-state index is -1.78. The number of hydrogen-bond donors (Lipinski definition) is 4. The van der Waals surface area contributed by atoms with E-state index in [2.05, 4.69) is 11.5 Å². The van der Waals surface area contributed by atoms with Crippen LogP contribution in [0, 0.1) is 17.8 Å². The third kappa shape index (κ3) is 10.1. The highest BCUT2D eigenvalue weighted by atomic mass is 16.7. The topological polar surface area (TPSA) is 160 Å². The van der Waals surface area contributed by atoms with E-state index < -0.39 is 89.9 Å². The Kier molecular flexibility index (Phi) is 15.8. The molecule has 3 fully saturated rings. The molecule has 13 nitrogen and oxygen atoms in total. The van der Waals surface area contributed by atoms with Crippen LogP contribution >= 0.6 is 0 Å². The van der Waals surface area contributed by atoms with Crippen LogP contribution in [-0.2, 0) is 33.2 Å². The highest BCUT2D eigenvalue weighted by Crippen LogP contribution is 2.40. The van der Waals surface area contributed by atoms with Crippen molar-refractivity contribution in [3.63, 3.8) is 0 Å². The van der Waals surface area contributed by atoms with Crippen LogP contribution in [0.15, 0.2) is 12.7 Å². The molecule has 0 spiro atoms. The van der Waals surface area contributed by atoms with Gasteiger partial charge in [-0.3, -0.25) is 4.79 Å². The molecule has 0 aliphatic carbocycles. The summed E-state index contributed by atoms with van der Waals surface area (Å²) < 4.78 is 38.0. The Morgan fingerprint density at radius 2 is 1.62 bits per heavy atom. The number of carbonyl (C=O) groups is 1. The van der Waals surface area contributed by atoms with Crippen LogP contribution in [0.2, 0.25) is 0 Å². The van der Waals surface area contributed by atoms with Gasteiger partial charge in [-0.25, -0.2) is 0 Å². The lowest BCUT2D eigenvalue weighted by Gasteiger charge is -2.48. The Balaban J connectivity index is 2.19. The predicted molar refractivity (Wildman–Crippen MR) is 197 cm³/mol. The van der Waals surface area contributed by atoms with Gasteiger partial charge in [0.2, 0.25) is 0 Å². The van der Waals surface area contributed by atoms with Gasteiger partial charge in [-0.2, -0.15) is 0 Å². The highest BCUT2D eigenvalue weighted by molar-refractivity contribution is 5.73. The summed E-state index contributed by atoms with van der Waals surface area (Å²) in [5, 5.41) is 46.9. The molecule has 5 unspecified atom stereocenters. The van der Waals surface area contributed by atoms with Crippen molar-refractivity contribution in [1.82, 2.24) is 9.80 Å². The van der Waals surface area contributed by atoms with Gasteiger partial charge in [-0.1, -0.05) is 26.8 Å². The molecule has 3 rings (SSSR count). The van der Waals surface area contributed by atoms with Gasteiger partial charge in [0, 0.05) is 44.5 Å². The molecule has 0 amide bonds. The first-order valence-electron chi connectivity index (χ1n) is 19.2. The molecule has 3 heterocycles. The van der Waals surface area contributed by atoms with E-state index in [1.807, 2.05) is 53.7 Å². The van der Waals surface area contributed by atoms with Crippen molar-refractivity contribution in [2.45, 2.75) is 179 Å². The zero-order chi connectivity index (χ0) is 39.5. The number of aliphatic hydroxyl groups excluding tert-OH is 2. The lowest BCUT2D eigenvalue weighted by molar-refractivity contribution is -0.307. The normalized spacial score (nSPS) is 48.1. The number of methoxy groups -OCH3 is 1. The van der Waals surface area contributed by atoms with Crippen LogP contribution in [0.25, 0.3) is 0 Å². The summed E-state index contributed by atoms with van der Waals surface area (Å²) in [6.45, 7) is 20.7. The number of hydrogen-bond acceptors (Lipinski definition) is 13. The number of rotatable bonds is 8. The number of ether oxygens (including phenoxy) is 6. The molecule has 304 valence electrons. The maximum atomic E-state index is 14.2. The molecule has 3 aliphatic heterocycles. The summed E-state index contributed by atoms with van der Waals surface area (Å²) in [6.07, 6.45) is -4.00. The first-order valence-corrected chi connectivity index (χ1v) is 19.2. The molecular weight excluding hydrogens is 672 g/mol. The maximum Gasteiger partial charge on any atom is 0.311 e. The second-order valence-corrected chi connectivity index (χ2v) is 16.9. The van der Waals surface area contributed by atoms with Gasteiger partial charge < -0.3 is 58.6 Å². The van der Waals surface area contributed by atoms with E-state index in [1.165, 1.54) is 20.1 Å². The first kappa shape index (κ1) is 45.2. The van der Waals surface area contributed by atoms with E-state index in [0.29, 0.717) is 13.0 Å². The minimum absolute atomic E-state index is 0.101. The molecule has 17 atom stereocenters. The largest absolute Gasteiger partial charge is 0.459 e. The van der Waals surface area contributed by atoms with Crippen molar-refractivity contribution in [2.75, 3.05) is 34.8 Å². The van der Waals surface area contributed by atoms with Crippen LogP contribution in [0.3, 0.4) is 0 Å². The second-order valence-electron chi connectivity index (χ2n) is 16.9. The summed E-state index contributed by atoms with van der Waals surface area (Å²) >= 11 is 0. The Labute approximate surface area is 312 Å². The third-order valence-electron chi connectivity index (χ3n) is 12.3. The first-order chi connectivity index (χ1) is 24.0. The molecule has 3 aliphatic rings. The lowest BCUT2D eigenvalue weighted by atomic mass is 9.76. The molecule has 13 heteroatoms. The van der Waals surface area contributed by atoms with Crippen LogP contribution < -0.4 is 0 Å². The summed E-state index contributed by atoms with van der Waals surface area (Å²) in [7, 11) is 7.43. The van der Waals surface area contributed by atoms with Crippen molar-refractivity contribution < 1.29 is 53.6 Å². The number of cyclic esters (lactones) is 1. The van der Waals surface area contributed by atoms with Gasteiger partial charge >= 0.3 is 5.97 Å². The monoisotopic (exact) mass is 745 g/mol. The Bertz CT molecular complexity index is 1160. The van der Waals surface area contributed by atoms with E-state index in [-0.39, 0.29) is 37.3 Å². The molecule has 0 aromatic carbocycles. The zero-order valence-electron chi connectivity index (χ0n) is 34.2. The molecule has 0 saturated carbocycles. The summed E-state index contributed by atoms with van der Waals surface area (Å²) in [5.41, 5.74) is -4.41. The van der Waals surface area contributed by atoms with Gasteiger partial charge in [0.1, 0.15) is 29.5 Å². The molecule has 3 saturated heterocycles. The number of nitrogens with zero attached hydrogens (tertiary/aromatic N) is 2. The number of esters is 1. The fourth-order valence-corrected chi connectivity index (χ4v) is 8.59. The Morgan fingerprint density at radius 3 is 2.17 bits per heavy atom. The predicted octanol–water partition coefficient (Wildman–Crippen LogP) is 3.10. The maximum absolute atomic E-state index is 14.2. The number of carbonyl (C=O) groups excluding carboxylic acids is 1. The summed E-state index contributed by atoms with van der Waals surface area (Å²) in [5.74, 6) is -2.46. The molecular formula is C39H72N2O11. The molecule has 0 aromatic rings. The van der Waals surface area contributed by atoms with Crippen LogP contribution in [-0.4, -0.2) is 155 Å². The van der Waals surface area contributed by atoms with Crippen molar-refractivity contribution in [2.24, 2.45) is 17.8 Å². The average molecular weight is 745 g/mol. The molecule has 52 heavy (non-hydrogen) atoms. The van der Waals surface area contributed by atoms with Crippen LogP contribution in [0.1, 0.15) is 94.4 Å². The fraction of sp³-hybridized carbons (Fsp3) is 0.923. The van der Waals surface area contributed by atoms with E-state index in [1.54, 1.807) is 27.7 Å². The minimum Gasteiger partial charge on any atom is -0.459 e. The second kappa shape index (κ2) is 18.1. The van der Waals surface area contributed by atoms with Gasteiger partial charge in [-0.15, -0.1) is 6.58 Å². The van der Waals surface area contributed by atoms with E-state index in [9.17, 15) is 25.2 Å². The van der Waals surface area contributed by atoms with Crippen molar-refractivity contribution >= 4 is 5.97 Å². The smallest absolute Gasteiger partial charge is 0.311 e. The van der Waals surface area contributed by atoms with Gasteiger partial charge in [0.25, 0.3) is 0 Å². The van der Waals surface area contributed by atoms with Crippen molar-refractivity contribution in [1.29, 1.82) is 0 Å². The van der Waals surface area contributed by atoms with Crippen molar-refractivity contribution in [3.8, 4) is 0 Å². The summed E-state index contributed by atoms with van der Waals surface area (Å²) in [4.78, 5) is 18.3. The SMILES string of the molecule is C=C[C@@]1(O)C[C@@H](C)CN(C)C(C)C(O)[C@](C)(O)[C@@H](CC)OC(=O)[C@H](C)[C@@H](O[C@H]2C[C@@](C)(OC)C(O)[C@H](C)O2)[C@H](C)C1O[C@H]1CC(N(C)C)C[C@@H](C)O1. The zero-order valence-corrected chi connectivity index (χ0v) is 34.2. The molecule has 4 N–H and O–H groups in total. The van der Waals surface area contributed by atoms with Crippen LogP contribution in [0.5, 0.6) is 0 Å². The van der Waals surface area contributed by atoms with Crippen molar-refractivity contribution in [3.05, 3.63) is 12.7 Å². The van der Waals surface area contributed by atoms with E-state index in [0.717, 1.165) is 6.42 Å². The van der Waals surface area contributed by atoms with Gasteiger partial charge in [0.15, 0.2) is 12.6 Å². The molecule has 0 radical (unpaired) electrons. The quantitative estimate of drug-likeness (QED) is 0.212. The van der Waals surface area contributed by atoms with Gasteiger partial charge in [-0.05, 0) is 87.9 Å². The average Bonchev–Trinajstić information content (AvgIpc) is 3.08. The van der Waals surface area contributed by atoms with Crippen LogP contribution in [0.4, 0.5) is 0 Å². The number of likely N-dealkylation sites (N-methyl/N-ethyl adjacent to an activating group) is 1. The Morgan fingerprint density at radius 1 is 0.981 bits per heavy atom. The third-order valence-corrected chi connectivity index (χ3v) is 12.3. The molecule has 0 aromatic heterocycles. The summed E-state index contributed by atoms with van der Waals surface area (Å²) in [6, 6.07) is -0.346. The highest BCUT2D eigenvalue weighted by Gasteiger charge is 2.52. The van der Waals surface area contributed by atoms with E-state index in [4.69, 9.17) is 28.4 Å². The van der Waals surface area contributed by atoms with E-state index >= 15 is 0 Å². The lowest BCUT2D eigenvalue weighted by Crippen LogP contribution is -2.59. The number of aliphatic hydroxyl groups is 4. The standard InChI is InChI=1S/C39H72N2O11/c1-15-29-38(10,45)33(42)26(7)41(13)21-22(3)19-39(46,16-2)35(52-30-18-28(40(11)12)17-23(4)48-30)24(5)32(25(6)36(44)50-29)51-31-20-37(9,47-14)34(43)27(8)49-31/h16,22-35,42-43,45-46H,2,15,17-21H2,1,3-14H3/t22-,23-,24+,25-,26?,27+,28?,29-,30+,31+,32+,33?,34?,35?,37-,38-,39-/m1/s1. The fourth-order valence-electron chi connectivity index (χ4n) is 8.59. The Hall–Kier alpha value is -1.23. The van der Waals surface area contributed by atoms with Gasteiger partial charge in [0.05, 0.1) is 35.9 Å². The molecule has 0 bridgehead atoms.